The van der Waals surface area contributed by atoms with Crippen LogP contribution in [0.3, 0.4) is 0 Å². The van der Waals surface area contributed by atoms with E-state index in [2.05, 4.69) is 0 Å². The molecule has 0 radical (unpaired) electrons. The van der Waals surface area contributed by atoms with E-state index in [-0.39, 0.29) is 52.9 Å². The summed E-state index contributed by atoms with van der Waals surface area (Å²) in [6.07, 6.45) is -5.37. The van der Waals surface area contributed by atoms with Gasteiger partial charge in [-0.15, -0.1) is 0 Å². The Kier molecular flexibility index (Phi) is 13.1. The van der Waals surface area contributed by atoms with Gasteiger partial charge in [0.2, 0.25) is 0 Å². The highest BCUT2D eigenvalue weighted by Gasteiger charge is 2.32. The Morgan fingerprint density at radius 1 is 0.667 bits per heavy atom. The van der Waals surface area contributed by atoms with E-state index >= 15 is 0 Å². The van der Waals surface area contributed by atoms with Crippen molar-refractivity contribution in [3.8, 4) is 0 Å². The van der Waals surface area contributed by atoms with Crippen molar-refractivity contribution in [2.24, 2.45) is 0 Å². The lowest BCUT2D eigenvalue weighted by Gasteiger charge is -2.29. The van der Waals surface area contributed by atoms with Gasteiger partial charge in [0, 0.05) is 0 Å². The summed E-state index contributed by atoms with van der Waals surface area (Å²) in [5.74, 6) is 0. The molecule has 21 heavy (non-hydrogen) atoms. The zero-order chi connectivity index (χ0) is 16.1. The number of hydrogen-bond acceptors (Lipinski definition) is 9. The van der Waals surface area contributed by atoms with Crippen molar-refractivity contribution in [1.29, 1.82) is 0 Å². The van der Waals surface area contributed by atoms with Crippen LogP contribution in [-0.4, -0.2) is 108 Å². The van der Waals surface area contributed by atoms with E-state index in [1.165, 1.54) is 0 Å². The van der Waals surface area contributed by atoms with Crippen molar-refractivity contribution in [2.45, 2.75) is 24.4 Å². The Balaban J connectivity index is 4.34. The molecule has 0 saturated heterocycles. The Morgan fingerprint density at radius 3 is 1.71 bits per heavy atom. The first kappa shape index (κ1) is 20.6. The summed E-state index contributed by atoms with van der Waals surface area (Å²) in [7, 11) is 0. The summed E-state index contributed by atoms with van der Waals surface area (Å²) in [6, 6.07) is 0. The topological polar surface area (TPSA) is 149 Å². The van der Waals surface area contributed by atoms with Crippen molar-refractivity contribution in [3.05, 3.63) is 0 Å². The molecule has 0 rings (SSSR count). The van der Waals surface area contributed by atoms with Crippen LogP contribution in [0, 0.1) is 0 Å². The van der Waals surface area contributed by atoms with Gasteiger partial charge in [0.05, 0.1) is 52.9 Å². The van der Waals surface area contributed by atoms with Crippen LogP contribution in [0.2, 0.25) is 0 Å². The fourth-order valence-electron chi connectivity index (χ4n) is 1.53. The highest BCUT2D eigenvalue weighted by Crippen LogP contribution is 2.10. The molecule has 9 nitrogen and oxygen atoms in total. The standard InChI is InChI=1S/C12H26O9/c13-1-4-19-7-9(16)11(17)12(18)10(21-6-3-15)8-20-5-2-14/h9-18H,1-8H2. The fourth-order valence-corrected chi connectivity index (χ4v) is 1.53. The minimum absolute atomic E-state index is 0.00390. The van der Waals surface area contributed by atoms with Crippen LogP contribution < -0.4 is 0 Å². The summed E-state index contributed by atoms with van der Waals surface area (Å²) >= 11 is 0. The quantitative estimate of drug-likeness (QED) is 0.179. The van der Waals surface area contributed by atoms with E-state index in [1.807, 2.05) is 0 Å². The van der Waals surface area contributed by atoms with Gasteiger partial charge in [-0.1, -0.05) is 0 Å². The Labute approximate surface area is 123 Å². The molecule has 6 N–H and O–H groups in total. The molecule has 0 heterocycles. The smallest absolute Gasteiger partial charge is 0.111 e. The number of rotatable bonds is 14. The Hall–Kier alpha value is -0.360. The number of aliphatic hydroxyl groups excluding tert-OH is 6. The summed E-state index contributed by atoms with van der Waals surface area (Å²) in [6.45, 7) is -1.12. The molecule has 0 aromatic rings. The molecule has 0 amide bonds. The maximum Gasteiger partial charge on any atom is 0.111 e. The van der Waals surface area contributed by atoms with Crippen molar-refractivity contribution >= 4 is 0 Å². The molecule has 0 spiro atoms. The minimum atomic E-state index is -1.55. The third-order valence-electron chi connectivity index (χ3n) is 2.59. The van der Waals surface area contributed by atoms with E-state index in [4.69, 9.17) is 29.5 Å². The lowest BCUT2D eigenvalue weighted by Crippen LogP contribution is -2.49. The van der Waals surface area contributed by atoms with Crippen molar-refractivity contribution in [2.75, 3.05) is 52.9 Å². The average molecular weight is 314 g/mol. The van der Waals surface area contributed by atoms with Gasteiger partial charge in [-0.25, -0.2) is 0 Å². The molecule has 9 heteroatoms. The van der Waals surface area contributed by atoms with E-state index in [9.17, 15) is 15.3 Å². The number of aliphatic hydroxyl groups is 6. The second-order valence-corrected chi connectivity index (χ2v) is 4.28. The van der Waals surface area contributed by atoms with Gasteiger partial charge in [0.1, 0.15) is 24.4 Å². The third kappa shape index (κ3) is 9.30. The first-order chi connectivity index (χ1) is 10.1. The first-order valence-corrected chi connectivity index (χ1v) is 6.72. The van der Waals surface area contributed by atoms with Crippen LogP contribution in [-0.2, 0) is 14.2 Å². The van der Waals surface area contributed by atoms with Gasteiger partial charge in [0.15, 0.2) is 0 Å². The molecular weight excluding hydrogens is 288 g/mol. The van der Waals surface area contributed by atoms with Gasteiger partial charge < -0.3 is 44.8 Å². The van der Waals surface area contributed by atoms with E-state index in [1.54, 1.807) is 0 Å². The molecule has 0 aromatic heterocycles. The minimum Gasteiger partial charge on any atom is -0.394 e. The molecule has 4 atom stereocenters. The van der Waals surface area contributed by atoms with Crippen LogP contribution in [0.5, 0.6) is 0 Å². The summed E-state index contributed by atoms with van der Waals surface area (Å²) in [5.41, 5.74) is 0. The SMILES string of the molecule is OCCOCC(O)C(O)C(O)C(COCCO)OCCO. The van der Waals surface area contributed by atoms with Crippen molar-refractivity contribution < 1.29 is 44.8 Å². The lowest BCUT2D eigenvalue weighted by molar-refractivity contribution is -0.153. The molecular formula is C12H26O9. The number of ether oxygens (including phenoxy) is 3. The van der Waals surface area contributed by atoms with Gasteiger partial charge >= 0.3 is 0 Å². The largest absolute Gasteiger partial charge is 0.394 e. The summed E-state index contributed by atoms with van der Waals surface area (Å²) in [4.78, 5) is 0. The van der Waals surface area contributed by atoms with Crippen LogP contribution in [0.1, 0.15) is 0 Å². The van der Waals surface area contributed by atoms with Crippen LogP contribution in [0.4, 0.5) is 0 Å². The van der Waals surface area contributed by atoms with Crippen LogP contribution in [0.15, 0.2) is 0 Å². The zero-order valence-electron chi connectivity index (χ0n) is 11.9. The Bertz CT molecular complexity index is 229. The second-order valence-electron chi connectivity index (χ2n) is 4.28. The van der Waals surface area contributed by atoms with E-state index in [0.717, 1.165) is 0 Å². The Morgan fingerprint density at radius 2 is 1.19 bits per heavy atom. The average Bonchev–Trinajstić information content (AvgIpc) is 2.49. The molecule has 0 aliphatic rings. The fraction of sp³-hybridized carbons (Fsp3) is 1.00. The van der Waals surface area contributed by atoms with Gasteiger partial charge in [-0.3, -0.25) is 0 Å². The molecule has 0 aliphatic heterocycles. The molecule has 0 saturated carbocycles. The van der Waals surface area contributed by atoms with Gasteiger partial charge in [0.25, 0.3) is 0 Å². The van der Waals surface area contributed by atoms with E-state index in [0.29, 0.717) is 0 Å². The van der Waals surface area contributed by atoms with Crippen LogP contribution >= 0.6 is 0 Å². The van der Waals surface area contributed by atoms with Crippen molar-refractivity contribution in [3.63, 3.8) is 0 Å². The predicted octanol–water partition coefficient (Wildman–Crippen LogP) is -3.54. The number of hydrogen-bond donors (Lipinski definition) is 6. The maximum atomic E-state index is 9.97. The van der Waals surface area contributed by atoms with E-state index < -0.39 is 24.4 Å². The normalized spacial score (nSPS) is 17.4. The highest BCUT2D eigenvalue weighted by atomic mass is 16.6. The van der Waals surface area contributed by atoms with Gasteiger partial charge in [-0.2, -0.15) is 0 Å². The van der Waals surface area contributed by atoms with Crippen molar-refractivity contribution in [1.82, 2.24) is 0 Å². The first-order valence-electron chi connectivity index (χ1n) is 6.72. The zero-order valence-corrected chi connectivity index (χ0v) is 11.9. The molecule has 128 valence electrons. The highest BCUT2D eigenvalue weighted by molar-refractivity contribution is 4.82. The molecule has 4 unspecified atom stereocenters. The van der Waals surface area contributed by atoms with Crippen LogP contribution in [0.25, 0.3) is 0 Å². The molecule has 0 fully saturated rings. The maximum absolute atomic E-state index is 9.97. The monoisotopic (exact) mass is 314 g/mol. The third-order valence-corrected chi connectivity index (χ3v) is 2.59. The second kappa shape index (κ2) is 13.3. The van der Waals surface area contributed by atoms with Gasteiger partial charge in [-0.05, 0) is 0 Å². The molecule has 0 aliphatic carbocycles. The summed E-state index contributed by atoms with van der Waals surface area (Å²) < 4.78 is 15.0. The molecule has 0 bridgehead atoms. The molecule has 0 aromatic carbocycles. The summed E-state index contributed by atoms with van der Waals surface area (Å²) in [5, 5.41) is 55.3. The predicted molar refractivity (Wildman–Crippen MR) is 70.7 cm³/mol. The lowest BCUT2D eigenvalue weighted by atomic mass is 10.0.